The van der Waals surface area contributed by atoms with E-state index in [0.717, 1.165) is 13.0 Å². The van der Waals surface area contributed by atoms with E-state index < -0.39 is 0 Å². The van der Waals surface area contributed by atoms with Gasteiger partial charge in [-0.05, 0) is 13.3 Å². The second kappa shape index (κ2) is 31.2. The van der Waals surface area contributed by atoms with Gasteiger partial charge in [-0.3, -0.25) is 4.79 Å². The summed E-state index contributed by atoms with van der Waals surface area (Å²) in [6.07, 6.45) is 5.16. The first-order chi connectivity index (χ1) is 17.3. The van der Waals surface area contributed by atoms with E-state index in [0.29, 0.717) is 106 Å². The molecule has 0 amide bonds. The zero-order valence-electron chi connectivity index (χ0n) is 22.1. The monoisotopic (exact) mass is 510 g/mol. The minimum atomic E-state index is -0.244. The summed E-state index contributed by atoms with van der Waals surface area (Å²) in [6, 6.07) is 0. The molecule has 0 N–H and O–H groups in total. The highest BCUT2D eigenvalue weighted by Crippen LogP contribution is 1.98. The number of unbranched alkanes of at least 4 members (excludes halogenated alkanes) is 3. The fraction of sp³-hybridized carbons (Fsp3) is 0.960. The summed E-state index contributed by atoms with van der Waals surface area (Å²) < 4.78 is 48.2. The van der Waals surface area contributed by atoms with Crippen LogP contribution in [0.25, 0.3) is 0 Å². The molecule has 0 heterocycles. The Morgan fingerprint density at radius 1 is 0.429 bits per heavy atom. The van der Waals surface area contributed by atoms with Crippen molar-refractivity contribution in [3.8, 4) is 0 Å². The molecule has 0 aliphatic heterocycles. The average molecular weight is 511 g/mol. The Morgan fingerprint density at radius 2 is 0.771 bits per heavy atom. The first-order valence-corrected chi connectivity index (χ1v) is 13.1. The highest BCUT2D eigenvalue weighted by Gasteiger charge is 2.00. The Kier molecular flexibility index (Phi) is 30.4. The molecule has 0 saturated carbocycles. The van der Waals surface area contributed by atoms with Gasteiger partial charge >= 0.3 is 5.97 Å². The predicted octanol–water partition coefficient (Wildman–Crippen LogP) is 2.65. The minimum absolute atomic E-state index is 0.244. The lowest BCUT2D eigenvalue weighted by Gasteiger charge is -2.08. The third kappa shape index (κ3) is 31.1. The molecule has 0 aliphatic carbocycles. The Labute approximate surface area is 212 Å². The highest BCUT2D eigenvalue weighted by molar-refractivity contribution is 5.69. The SMILES string of the molecule is CCCCCCOCCOCCOCCOCCOCCOCCOCCOCCC(=O)OCC. The molecule has 0 radical (unpaired) electrons. The standard InChI is InChI=1S/C25H50O10/c1-3-5-6-7-9-27-11-13-29-15-17-31-19-21-33-23-24-34-22-20-32-18-16-30-14-12-28-10-8-25(26)35-4-2/h3-24H2,1-2H3. The summed E-state index contributed by atoms with van der Waals surface area (Å²) in [5, 5.41) is 0. The van der Waals surface area contributed by atoms with Crippen LogP contribution >= 0.6 is 0 Å². The van der Waals surface area contributed by atoms with E-state index in [1.54, 1.807) is 6.92 Å². The molecule has 0 aromatic carbocycles. The van der Waals surface area contributed by atoms with Crippen LogP contribution in [-0.4, -0.2) is 118 Å². The predicted molar refractivity (Wildman–Crippen MR) is 132 cm³/mol. The molecule has 10 nitrogen and oxygen atoms in total. The van der Waals surface area contributed by atoms with Gasteiger partial charge in [0.2, 0.25) is 0 Å². The zero-order chi connectivity index (χ0) is 25.5. The van der Waals surface area contributed by atoms with Crippen LogP contribution in [0.1, 0.15) is 46.0 Å². The molecule has 0 aromatic heterocycles. The van der Waals surface area contributed by atoms with E-state index >= 15 is 0 Å². The molecule has 0 fully saturated rings. The van der Waals surface area contributed by atoms with Crippen molar-refractivity contribution < 1.29 is 47.4 Å². The lowest BCUT2D eigenvalue weighted by molar-refractivity contribution is -0.144. The van der Waals surface area contributed by atoms with Gasteiger partial charge in [0.05, 0.1) is 112 Å². The van der Waals surface area contributed by atoms with Gasteiger partial charge in [0.15, 0.2) is 0 Å². The number of carbonyl (C=O) groups excluding carboxylic acids is 1. The number of ether oxygens (including phenoxy) is 9. The molecule has 0 bridgehead atoms. The summed E-state index contributed by atoms with van der Waals surface area (Å²) in [4.78, 5) is 11.1. The second-order valence-corrected chi connectivity index (χ2v) is 7.51. The molecule has 0 aromatic rings. The molecule has 0 spiro atoms. The van der Waals surface area contributed by atoms with Crippen LogP contribution in [-0.2, 0) is 47.4 Å². The Balaban J connectivity index is 3.04. The fourth-order valence-electron chi connectivity index (χ4n) is 2.66. The summed E-state index contributed by atoms with van der Waals surface area (Å²) in [5.41, 5.74) is 0. The topological polar surface area (TPSA) is 100 Å². The van der Waals surface area contributed by atoms with Crippen LogP contribution in [0, 0.1) is 0 Å². The van der Waals surface area contributed by atoms with Crippen molar-refractivity contribution in [2.75, 3.05) is 112 Å². The van der Waals surface area contributed by atoms with Gasteiger partial charge in [0.25, 0.3) is 0 Å². The Bertz CT molecular complexity index is 412. The van der Waals surface area contributed by atoms with E-state index in [-0.39, 0.29) is 12.4 Å². The number of hydrogen-bond donors (Lipinski definition) is 0. The molecule has 35 heavy (non-hydrogen) atoms. The van der Waals surface area contributed by atoms with E-state index in [4.69, 9.17) is 42.6 Å². The summed E-state index contributed by atoms with van der Waals surface area (Å²) in [5.74, 6) is -0.244. The fourth-order valence-corrected chi connectivity index (χ4v) is 2.66. The Hall–Kier alpha value is -0.850. The minimum Gasteiger partial charge on any atom is -0.466 e. The van der Waals surface area contributed by atoms with Crippen molar-refractivity contribution in [1.82, 2.24) is 0 Å². The van der Waals surface area contributed by atoms with Crippen molar-refractivity contribution in [2.45, 2.75) is 46.0 Å². The van der Waals surface area contributed by atoms with Crippen molar-refractivity contribution >= 4 is 5.97 Å². The maximum atomic E-state index is 11.1. The smallest absolute Gasteiger partial charge is 0.308 e. The van der Waals surface area contributed by atoms with Gasteiger partial charge in [-0.1, -0.05) is 26.2 Å². The van der Waals surface area contributed by atoms with E-state index in [9.17, 15) is 4.79 Å². The van der Waals surface area contributed by atoms with Crippen molar-refractivity contribution in [2.24, 2.45) is 0 Å². The number of carbonyl (C=O) groups is 1. The van der Waals surface area contributed by atoms with Gasteiger partial charge < -0.3 is 42.6 Å². The maximum absolute atomic E-state index is 11.1. The molecule has 0 aliphatic rings. The summed E-state index contributed by atoms with van der Waals surface area (Å²) >= 11 is 0. The van der Waals surface area contributed by atoms with E-state index in [2.05, 4.69) is 6.92 Å². The molecule has 0 atom stereocenters. The molecule has 210 valence electrons. The third-order valence-corrected chi connectivity index (χ3v) is 4.50. The molecular weight excluding hydrogens is 460 g/mol. The van der Waals surface area contributed by atoms with Gasteiger partial charge in [-0.2, -0.15) is 0 Å². The summed E-state index contributed by atoms with van der Waals surface area (Å²) in [6.45, 7) is 12.9. The molecule has 10 heteroatoms. The van der Waals surface area contributed by atoms with Crippen molar-refractivity contribution in [1.29, 1.82) is 0 Å². The van der Waals surface area contributed by atoms with Crippen LogP contribution in [0.4, 0.5) is 0 Å². The molecule has 0 unspecified atom stereocenters. The molecule has 0 saturated heterocycles. The highest BCUT2D eigenvalue weighted by atomic mass is 16.6. The van der Waals surface area contributed by atoms with Crippen molar-refractivity contribution in [3.63, 3.8) is 0 Å². The van der Waals surface area contributed by atoms with Crippen LogP contribution < -0.4 is 0 Å². The number of rotatable bonds is 30. The Morgan fingerprint density at radius 3 is 1.11 bits per heavy atom. The average Bonchev–Trinajstić information content (AvgIpc) is 2.86. The van der Waals surface area contributed by atoms with E-state index in [1.807, 2.05) is 0 Å². The maximum Gasteiger partial charge on any atom is 0.308 e. The van der Waals surface area contributed by atoms with Crippen LogP contribution in [0.5, 0.6) is 0 Å². The van der Waals surface area contributed by atoms with Crippen LogP contribution in [0.15, 0.2) is 0 Å². The lowest BCUT2D eigenvalue weighted by atomic mass is 10.2. The number of hydrogen-bond acceptors (Lipinski definition) is 10. The third-order valence-electron chi connectivity index (χ3n) is 4.50. The van der Waals surface area contributed by atoms with Crippen molar-refractivity contribution in [3.05, 3.63) is 0 Å². The van der Waals surface area contributed by atoms with Crippen LogP contribution in [0.2, 0.25) is 0 Å². The van der Waals surface area contributed by atoms with Gasteiger partial charge in [0, 0.05) is 6.61 Å². The summed E-state index contributed by atoms with van der Waals surface area (Å²) in [7, 11) is 0. The van der Waals surface area contributed by atoms with Gasteiger partial charge in [-0.25, -0.2) is 0 Å². The lowest BCUT2D eigenvalue weighted by Crippen LogP contribution is -2.15. The van der Waals surface area contributed by atoms with Gasteiger partial charge in [-0.15, -0.1) is 0 Å². The molecule has 0 rings (SSSR count). The largest absolute Gasteiger partial charge is 0.466 e. The normalized spacial score (nSPS) is 11.3. The second-order valence-electron chi connectivity index (χ2n) is 7.51. The number of esters is 1. The molecular formula is C25H50O10. The van der Waals surface area contributed by atoms with Crippen LogP contribution in [0.3, 0.4) is 0 Å². The van der Waals surface area contributed by atoms with Gasteiger partial charge in [0.1, 0.15) is 0 Å². The quantitative estimate of drug-likeness (QED) is 0.106. The first kappa shape index (κ1) is 34.1. The van der Waals surface area contributed by atoms with E-state index in [1.165, 1.54) is 19.3 Å². The zero-order valence-corrected chi connectivity index (χ0v) is 22.1. The first-order valence-electron chi connectivity index (χ1n) is 13.1.